The largest absolute Gasteiger partial charge is 0.490 e. The number of anilines is 1. The fourth-order valence-electron chi connectivity index (χ4n) is 3.53. The number of alkyl halides is 6. The van der Waals surface area contributed by atoms with Crippen LogP contribution in [0.25, 0.3) is 0 Å². The van der Waals surface area contributed by atoms with Crippen LogP contribution in [0.1, 0.15) is 18.5 Å². The smallest absolute Gasteiger partial charge is 0.475 e. The molecule has 1 amide bonds. The van der Waals surface area contributed by atoms with Gasteiger partial charge in [-0.3, -0.25) is 9.78 Å². The van der Waals surface area contributed by atoms with Gasteiger partial charge in [0.05, 0.1) is 18.3 Å². The van der Waals surface area contributed by atoms with Crippen molar-refractivity contribution in [3.05, 3.63) is 48.5 Å². The van der Waals surface area contributed by atoms with E-state index in [0.717, 1.165) is 37.6 Å². The highest BCUT2D eigenvalue weighted by Gasteiger charge is 2.42. The van der Waals surface area contributed by atoms with E-state index >= 15 is 0 Å². The van der Waals surface area contributed by atoms with Crippen LogP contribution in [0.3, 0.4) is 0 Å². The quantitative estimate of drug-likeness (QED) is 0.470. The summed E-state index contributed by atoms with van der Waals surface area (Å²) in [5, 5.41) is 17.2. The highest BCUT2D eigenvalue weighted by molar-refractivity contribution is 5.81. The number of hydrogen-bond donors (Lipinski definition) is 3. The molecule has 0 spiro atoms. The third kappa shape index (κ3) is 10.3. The standard InChI is InChI=1S/C18H21N5O2.2C2HF3O2/c24-17(22-11-14-4-1-2-6-19-14)15-10-13-5-9-23(12-16(13)25-15)18-20-7-3-8-21-18;2*3-2(4,5)1(6)7/h1-4,6-8,13,15-16H,5,9-12H2,(H,22,24);2*(H,6,7)/t13-,15+,16+;;/m0../s1. The molecule has 0 aromatic carbocycles. The van der Waals surface area contributed by atoms with Gasteiger partial charge in [-0.2, -0.15) is 26.3 Å². The van der Waals surface area contributed by atoms with Gasteiger partial charge in [0.15, 0.2) is 0 Å². The van der Waals surface area contributed by atoms with Crippen LogP contribution in [-0.2, 0) is 25.7 Å². The molecule has 2 fully saturated rings. The summed E-state index contributed by atoms with van der Waals surface area (Å²) >= 11 is 0. The molecule has 39 heavy (non-hydrogen) atoms. The fourth-order valence-corrected chi connectivity index (χ4v) is 3.53. The van der Waals surface area contributed by atoms with Gasteiger partial charge < -0.3 is 25.2 Å². The molecule has 4 heterocycles. The summed E-state index contributed by atoms with van der Waals surface area (Å²) < 4.78 is 69.5. The van der Waals surface area contributed by atoms with Gasteiger partial charge in [-0.25, -0.2) is 19.6 Å². The minimum absolute atomic E-state index is 0.0532. The zero-order chi connectivity index (χ0) is 29.2. The molecule has 0 saturated carbocycles. The molecule has 2 aromatic rings. The fraction of sp³-hybridized carbons (Fsp3) is 0.455. The average molecular weight is 567 g/mol. The van der Waals surface area contributed by atoms with Crippen molar-refractivity contribution >= 4 is 23.8 Å². The van der Waals surface area contributed by atoms with Crippen molar-refractivity contribution < 1.29 is 55.7 Å². The first-order chi connectivity index (χ1) is 18.2. The van der Waals surface area contributed by atoms with Gasteiger partial charge in [0.1, 0.15) is 6.10 Å². The number of fused-ring (bicyclic) bond motifs is 1. The van der Waals surface area contributed by atoms with Crippen LogP contribution in [-0.4, -0.2) is 80.7 Å². The van der Waals surface area contributed by atoms with E-state index in [9.17, 15) is 31.1 Å². The average Bonchev–Trinajstić information content (AvgIpc) is 3.32. The molecule has 3 N–H and O–H groups in total. The van der Waals surface area contributed by atoms with E-state index < -0.39 is 24.3 Å². The maximum Gasteiger partial charge on any atom is 0.490 e. The Morgan fingerprint density at radius 1 is 0.949 bits per heavy atom. The molecule has 11 nitrogen and oxygen atoms in total. The third-order valence-electron chi connectivity index (χ3n) is 5.33. The number of piperidine rings is 1. The van der Waals surface area contributed by atoms with Crippen molar-refractivity contribution in [1.29, 1.82) is 0 Å². The summed E-state index contributed by atoms with van der Waals surface area (Å²) in [6.45, 7) is 2.06. The molecule has 0 unspecified atom stereocenters. The number of hydrogen-bond acceptors (Lipinski definition) is 8. The number of nitrogens with zero attached hydrogens (tertiary/aromatic N) is 4. The number of aliphatic carboxylic acids is 2. The van der Waals surface area contributed by atoms with Crippen LogP contribution in [0.5, 0.6) is 0 Å². The van der Waals surface area contributed by atoms with Crippen LogP contribution in [0.15, 0.2) is 42.9 Å². The predicted octanol–water partition coefficient (Wildman–Crippen LogP) is 2.44. The number of nitrogens with one attached hydrogen (secondary N) is 1. The Morgan fingerprint density at radius 2 is 1.51 bits per heavy atom. The lowest BCUT2D eigenvalue weighted by molar-refractivity contribution is -0.193. The lowest BCUT2D eigenvalue weighted by atomic mass is 9.92. The van der Waals surface area contributed by atoms with Crippen molar-refractivity contribution in [3.8, 4) is 0 Å². The molecule has 2 saturated heterocycles. The molecule has 0 bridgehead atoms. The number of amides is 1. The molecule has 2 aliphatic rings. The van der Waals surface area contributed by atoms with Gasteiger partial charge >= 0.3 is 24.3 Å². The van der Waals surface area contributed by atoms with E-state index in [0.29, 0.717) is 12.5 Å². The molecule has 2 aliphatic heterocycles. The number of rotatable bonds is 4. The van der Waals surface area contributed by atoms with Crippen molar-refractivity contribution in [1.82, 2.24) is 20.3 Å². The lowest BCUT2D eigenvalue weighted by Crippen LogP contribution is -2.43. The van der Waals surface area contributed by atoms with Crippen LogP contribution < -0.4 is 10.2 Å². The number of ether oxygens (including phenoxy) is 1. The Hall–Kier alpha value is -4.02. The second-order valence-corrected chi connectivity index (χ2v) is 8.09. The maximum absolute atomic E-state index is 12.4. The van der Waals surface area contributed by atoms with E-state index in [2.05, 4.69) is 25.2 Å². The van der Waals surface area contributed by atoms with E-state index in [1.54, 1.807) is 18.6 Å². The van der Waals surface area contributed by atoms with Gasteiger partial charge in [0.25, 0.3) is 0 Å². The first-order valence-corrected chi connectivity index (χ1v) is 11.1. The van der Waals surface area contributed by atoms with E-state index in [1.807, 2.05) is 24.3 Å². The zero-order valence-corrected chi connectivity index (χ0v) is 19.9. The number of carboxylic acids is 2. The molecule has 2 aromatic heterocycles. The number of pyridine rings is 1. The topological polar surface area (TPSA) is 155 Å². The van der Waals surface area contributed by atoms with Crippen molar-refractivity contribution in [2.24, 2.45) is 5.92 Å². The Bertz CT molecular complexity index is 1070. The van der Waals surface area contributed by atoms with Gasteiger partial charge in [-0.15, -0.1) is 0 Å². The second kappa shape index (κ2) is 13.7. The Labute approximate surface area is 216 Å². The molecule has 214 valence electrons. The molecule has 4 rings (SSSR count). The first-order valence-electron chi connectivity index (χ1n) is 11.1. The van der Waals surface area contributed by atoms with Crippen molar-refractivity contribution in [3.63, 3.8) is 0 Å². The van der Waals surface area contributed by atoms with Crippen LogP contribution in [0.4, 0.5) is 32.3 Å². The molecular formula is C22H23F6N5O6. The SMILES string of the molecule is O=C(NCc1ccccn1)[C@H]1C[C@@H]2CCN(c3ncccn3)C[C@H]2O1.O=C(O)C(F)(F)F.O=C(O)C(F)(F)F. The minimum Gasteiger partial charge on any atom is -0.475 e. The monoisotopic (exact) mass is 567 g/mol. The maximum atomic E-state index is 12.4. The van der Waals surface area contributed by atoms with Gasteiger partial charge in [0.2, 0.25) is 11.9 Å². The normalized spacial score (nSPS) is 20.4. The van der Waals surface area contributed by atoms with Gasteiger partial charge in [0, 0.05) is 31.7 Å². The summed E-state index contributed by atoms with van der Waals surface area (Å²) in [6.07, 6.45) is -3.49. The van der Waals surface area contributed by atoms with Gasteiger partial charge in [-0.1, -0.05) is 6.07 Å². The number of carbonyl (C=O) groups excluding carboxylic acids is 1. The molecular weight excluding hydrogens is 544 g/mol. The third-order valence-corrected chi connectivity index (χ3v) is 5.33. The Kier molecular flexibility index (Phi) is 10.9. The molecule has 0 aliphatic carbocycles. The Morgan fingerprint density at radius 3 is 2.03 bits per heavy atom. The minimum atomic E-state index is -5.08. The van der Waals surface area contributed by atoms with E-state index in [-0.39, 0.29) is 18.1 Å². The summed E-state index contributed by atoms with van der Waals surface area (Å²) in [6, 6.07) is 7.48. The van der Waals surface area contributed by atoms with E-state index in [1.165, 1.54) is 0 Å². The van der Waals surface area contributed by atoms with E-state index in [4.69, 9.17) is 24.5 Å². The van der Waals surface area contributed by atoms with Crippen molar-refractivity contribution in [2.75, 3.05) is 18.0 Å². The highest BCUT2D eigenvalue weighted by atomic mass is 19.4. The van der Waals surface area contributed by atoms with Crippen LogP contribution >= 0.6 is 0 Å². The Balaban J connectivity index is 0.000000317. The second-order valence-electron chi connectivity index (χ2n) is 8.09. The summed E-state index contributed by atoms with van der Waals surface area (Å²) in [7, 11) is 0. The lowest BCUT2D eigenvalue weighted by Gasteiger charge is -2.33. The summed E-state index contributed by atoms with van der Waals surface area (Å²) in [4.78, 5) is 45.2. The number of carbonyl (C=O) groups is 3. The van der Waals surface area contributed by atoms with Gasteiger partial charge in [-0.05, 0) is 37.0 Å². The summed E-state index contributed by atoms with van der Waals surface area (Å²) in [5.41, 5.74) is 0.846. The number of aromatic nitrogens is 3. The predicted molar refractivity (Wildman–Crippen MR) is 119 cm³/mol. The summed E-state index contributed by atoms with van der Waals surface area (Å²) in [5.74, 6) is -4.42. The number of carboxylic acid groups (broad SMARTS) is 2. The first kappa shape index (κ1) is 31.2. The number of halogens is 6. The molecule has 3 atom stereocenters. The molecule has 0 radical (unpaired) electrons. The highest BCUT2D eigenvalue weighted by Crippen LogP contribution is 2.34. The zero-order valence-electron chi connectivity index (χ0n) is 19.9. The van der Waals surface area contributed by atoms with Crippen molar-refractivity contribution in [2.45, 2.75) is 43.9 Å². The molecule has 17 heteroatoms. The van der Waals surface area contributed by atoms with Crippen LogP contribution in [0, 0.1) is 5.92 Å². The van der Waals surface area contributed by atoms with Crippen LogP contribution in [0.2, 0.25) is 0 Å².